The maximum Gasteiger partial charge on any atom is 0.404 e. The summed E-state index contributed by atoms with van der Waals surface area (Å²) < 4.78 is 4.69. The molecule has 7 nitrogen and oxygen atoms in total. The molecule has 0 bridgehead atoms. The second-order valence-corrected chi connectivity index (χ2v) is 11.9. The van der Waals surface area contributed by atoms with Crippen LogP contribution in [0.15, 0.2) is 18.2 Å². The van der Waals surface area contributed by atoms with Crippen LogP contribution in [0.5, 0.6) is 0 Å². The molecule has 0 aromatic heterocycles. The van der Waals surface area contributed by atoms with E-state index in [2.05, 4.69) is 36.4 Å². The topological polar surface area (TPSA) is 107 Å². The SMILES string of the molecule is CC(CCCCOC(N)=O)Nc1c(C#C[Si](C)(C)C)cccc1[N+](=O)[O-]. The van der Waals surface area contributed by atoms with Gasteiger partial charge in [-0.3, -0.25) is 10.1 Å². The van der Waals surface area contributed by atoms with Crippen LogP contribution in [0.2, 0.25) is 19.6 Å². The van der Waals surface area contributed by atoms with Crippen LogP contribution in [0.3, 0.4) is 0 Å². The average Bonchev–Trinajstić information content (AvgIpc) is 2.52. The molecule has 0 aliphatic heterocycles. The van der Waals surface area contributed by atoms with E-state index in [0.29, 0.717) is 17.7 Å². The van der Waals surface area contributed by atoms with Crippen LogP contribution in [0, 0.1) is 21.6 Å². The Kier molecular flexibility index (Phi) is 8.13. The molecule has 0 saturated heterocycles. The summed E-state index contributed by atoms with van der Waals surface area (Å²) in [6, 6.07) is 4.95. The van der Waals surface area contributed by atoms with Crippen molar-refractivity contribution in [2.75, 3.05) is 11.9 Å². The predicted octanol–water partition coefficient (Wildman–Crippen LogP) is 3.89. The van der Waals surface area contributed by atoms with Gasteiger partial charge < -0.3 is 15.8 Å². The van der Waals surface area contributed by atoms with Gasteiger partial charge in [-0.1, -0.05) is 31.6 Å². The van der Waals surface area contributed by atoms with Gasteiger partial charge in [0.05, 0.1) is 17.1 Å². The third-order valence-corrected chi connectivity index (χ3v) is 4.35. The van der Waals surface area contributed by atoms with Crippen molar-refractivity contribution < 1.29 is 14.5 Å². The van der Waals surface area contributed by atoms with E-state index in [9.17, 15) is 14.9 Å². The minimum Gasteiger partial charge on any atom is -0.450 e. The van der Waals surface area contributed by atoms with Crippen LogP contribution in [0.25, 0.3) is 0 Å². The van der Waals surface area contributed by atoms with E-state index in [-0.39, 0.29) is 18.3 Å². The lowest BCUT2D eigenvalue weighted by atomic mass is 10.1. The highest BCUT2D eigenvalue weighted by atomic mass is 28.3. The zero-order valence-corrected chi connectivity index (χ0v) is 16.8. The number of nitrogens with two attached hydrogens (primary N) is 1. The molecule has 0 aliphatic rings. The highest BCUT2D eigenvalue weighted by Gasteiger charge is 2.19. The molecule has 1 atom stereocenters. The van der Waals surface area contributed by atoms with Crippen LogP contribution in [0.4, 0.5) is 16.2 Å². The standard InChI is InChI=1S/C18H27N3O4Si/c1-14(8-5-6-12-25-18(19)22)20-17-15(11-13-26(2,3)4)9-7-10-16(17)21(23)24/h7,9-10,14,20H,5-6,8,12H2,1-4H3,(H2,19,22). The van der Waals surface area contributed by atoms with Crippen LogP contribution < -0.4 is 11.1 Å². The Morgan fingerprint density at radius 1 is 1.38 bits per heavy atom. The largest absolute Gasteiger partial charge is 0.450 e. The third-order valence-electron chi connectivity index (χ3n) is 3.48. The number of anilines is 1. The quantitative estimate of drug-likeness (QED) is 0.235. The van der Waals surface area contributed by atoms with Crippen molar-refractivity contribution in [3.05, 3.63) is 33.9 Å². The molecule has 26 heavy (non-hydrogen) atoms. The monoisotopic (exact) mass is 377 g/mol. The summed E-state index contributed by atoms with van der Waals surface area (Å²) >= 11 is 0. The van der Waals surface area contributed by atoms with E-state index >= 15 is 0 Å². The Hall–Kier alpha value is -2.53. The zero-order chi connectivity index (χ0) is 19.7. The van der Waals surface area contributed by atoms with Gasteiger partial charge in [0.2, 0.25) is 0 Å². The summed E-state index contributed by atoms with van der Waals surface area (Å²) in [6.45, 7) is 8.62. The third kappa shape index (κ3) is 8.03. The smallest absolute Gasteiger partial charge is 0.404 e. The molecule has 8 heteroatoms. The molecule has 1 rings (SSSR count). The molecular weight excluding hydrogens is 350 g/mol. The Balaban J connectivity index is 2.86. The van der Waals surface area contributed by atoms with E-state index in [1.54, 1.807) is 12.1 Å². The van der Waals surface area contributed by atoms with Crippen molar-refractivity contribution in [3.8, 4) is 11.5 Å². The summed E-state index contributed by atoms with van der Waals surface area (Å²) in [5.41, 5.74) is 9.29. The normalized spacial score (nSPS) is 11.8. The van der Waals surface area contributed by atoms with Crippen LogP contribution in [-0.2, 0) is 4.74 Å². The van der Waals surface area contributed by atoms with Crippen LogP contribution in [0.1, 0.15) is 31.7 Å². The van der Waals surface area contributed by atoms with Gasteiger partial charge in [0.15, 0.2) is 0 Å². The van der Waals surface area contributed by atoms with Gasteiger partial charge >= 0.3 is 6.09 Å². The van der Waals surface area contributed by atoms with E-state index in [0.717, 1.165) is 12.8 Å². The van der Waals surface area contributed by atoms with Crippen molar-refractivity contribution in [3.63, 3.8) is 0 Å². The molecular formula is C18H27N3O4Si. The first-order valence-electron chi connectivity index (χ1n) is 8.59. The van der Waals surface area contributed by atoms with Gasteiger partial charge in [0, 0.05) is 12.1 Å². The molecule has 0 saturated carbocycles. The van der Waals surface area contributed by atoms with Crippen molar-refractivity contribution >= 4 is 25.5 Å². The number of nitrogens with one attached hydrogen (secondary N) is 1. The minimum absolute atomic E-state index is 0.0112. The summed E-state index contributed by atoms with van der Waals surface area (Å²) in [7, 11) is -1.60. The summed E-state index contributed by atoms with van der Waals surface area (Å²) in [5, 5.41) is 14.6. The van der Waals surface area contributed by atoms with Gasteiger partial charge in [-0.2, -0.15) is 0 Å². The molecule has 1 aromatic carbocycles. The molecule has 0 heterocycles. The fourth-order valence-electron chi connectivity index (χ4n) is 2.25. The number of carbonyl (C=O) groups is 1. The van der Waals surface area contributed by atoms with E-state index in [1.807, 2.05) is 6.92 Å². The summed E-state index contributed by atoms with van der Waals surface area (Å²) in [5.74, 6) is 3.12. The number of ether oxygens (including phenoxy) is 1. The highest BCUT2D eigenvalue weighted by Crippen LogP contribution is 2.29. The maximum absolute atomic E-state index is 11.4. The number of nitrogens with zero attached hydrogens (tertiary/aromatic N) is 1. The van der Waals surface area contributed by atoms with Gasteiger partial charge in [0.1, 0.15) is 13.8 Å². The zero-order valence-electron chi connectivity index (χ0n) is 15.8. The highest BCUT2D eigenvalue weighted by molar-refractivity contribution is 6.83. The molecule has 0 spiro atoms. The fraction of sp³-hybridized carbons (Fsp3) is 0.500. The molecule has 0 radical (unpaired) electrons. The number of amides is 1. The van der Waals surface area contributed by atoms with Crippen molar-refractivity contribution in [2.24, 2.45) is 5.73 Å². The lowest BCUT2D eigenvalue weighted by Gasteiger charge is -2.16. The molecule has 1 amide bonds. The lowest BCUT2D eigenvalue weighted by molar-refractivity contribution is -0.384. The number of primary amides is 1. The first-order chi connectivity index (χ1) is 12.1. The molecule has 142 valence electrons. The summed E-state index contributed by atoms with van der Waals surface area (Å²) in [4.78, 5) is 21.5. The number of hydrogen-bond donors (Lipinski definition) is 2. The molecule has 0 aliphatic carbocycles. The van der Waals surface area contributed by atoms with Crippen molar-refractivity contribution in [2.45, 2.75) is 51.9 Å². The van der Waals surface area contributed by atoms with E-state index in [4.69, 9.17) is 10.5 Å². The van der Waals surface area contributed by atoms with Crippen molar-refractivity contribution in [1.29, 1.82) is 0 Å². The molecule has 1 unspecified atom stereocenters. The van der Waals surface area contributed by atoms with Crippen LogP contribution in [-0.4, -0.2) is 31.7 Å². The molecule has 3 N–H and O–H groups in total. The Labute approximate surface area is 155 Å². The van der Waals surface area contributed by atoms with Gasteiger partial charge in [-0.25, -0.2) is 4.79 Å². The average molecular weight is 378 g/mol. The Morgan fingerprint density at radius 3 is 2.65 bits per heavy atom. The lowest BCUT2D eigenvalue weighted by Crippen LogP contribution is -2.18. The van der Waals surface area contributed by atoms with Crippen LogP contribution >= 0.6 is 0 Å². The maximum atomic E-state index is 11.4. The Morgan fingerprint density at radius 2 is 2.08 bits per heavy atom. The molecule has 1 aromatic rings. The number of benzene rings is 1. The second kappa shape index (κ2) is 9.82. The van der Waals surface area contributed by atoms with Gasteiger partial charge in [0.25, 0.3) is 5.69 Å². The first kappa shape index (κ1) is 21.5. The number of rotatable bonds is 8. The minimum atomic E-state index is -1.60. The van der Waals surface area contributed by atoms with Crippen molar-refractivity contribution in [1.82, 2.24) is 0 Å². The van der Waals surface area contributed by atoms with Gasteiger partial charge in [-0.05, 0) is 32.3 Å². The predicted molar refractivity (Wildman–Crippen MR) is 106 cm³/mol. The number of para-hydroxylation sites is 1. The van der Waals surface area contributed by atoms with E-state index < -0.39 is 19.1 Å². The van der Waals surface area contributed by atoms with Gasteiger partial charge in [-0.15, -0.1) is 5.54 Å². The summed E-state index contributed by atoms with van der Waals surface area (Å²) in [6.07, 6.45) is 1.49. The Bertz CT molecular complexity index is 705. The molecule has 0 fully saturated rings. The second-order valence-electron chi connectivity index (χ2n) is 7.17. The number of carbonyl (C=O) groups excluding carboxylic acids is 1. The first-order valence-corrected chi connectivity index (χ1v) is 12.1. The number of unbranched alkanes of at least 4 members (excludes halogenated alkanes) is 1. The number of nitro benzene ring substituents is 1. The van der Waals surface area contributed by atoms with E-state index in [1.165, 1.54) is 6.07 Å². The number of nitro groups is 1. The fourth-order valence-corrected chi connectivity index (χ4v) is 2.76. The number of hydrogen-bond acceptors (Lipinski definition) is 5.